The lowest BCUT2D eigenvalue weighted by atomic mass is 10.1. The van der Waals surface area contributed by atoms with Crippen molar-refractivity contribution in [2.24, 2.45) is 0 Å². The van der Waals surface area contributed by atoms with Crippen LogP contribution >= 0.6 is 0 Å². The van der Waals surface area contributed by atoms with E-state index in [-0.39, 0.29) is 0 Å². The van der Waals surface area contributed by atoms with E-state index in [9.17, 15) is 0 Å². The van der Waals surface area contributed by atoms with E-state index in [4.69, 9.17) is 0 Å². The lowest BCUT2D eigenvalue weighted by Gasteiger charge is -2.16. The van der Waals surface area contributed by atoms with Crippen molar-refractivity contribution >= 4 is 65.4 Å². The first-order chi connectivity index (χ1) is 25.3. The molecule has 3 nitrogen and oxygen atoms in total. The van der Waals surface area contributed by atoms with Gasteiger partial charge in [0.25, 0.3) is 0 Å². The van der Waals surface area contributed by atoms with Gasteiger partial charge in [-0.15, -0.1) is 0 Å². The van der Waals surface area contributed by atoms with Crippen molar-refractivity contribution in [1.82, 2.24) is 13.7 Å². The molecule has 0 amide bonds. The number of rotatable bonds is 4. The average Bonchev–Trinajstić information content (AvgIpc) is 3.85. The van der Waals surface area contributed by atoms with Gasteiger partial charge in [-0.1, -0.05) is 140 Å². The summed E-state index contributed by atoms with van der Waals surface area (Å²) in [4.78, 5) is 0. The maximum Gasteiger partial charge on any atom is 0.0789 e. The van der Waals surface area contributed by atoms with Gasteiger partial charge in [0.1, 0.15) is 0 Å². The highest BCUT2D eigenvalue weighted by Crippen LogP contribution is 2.44. The third kappa shape index (κ3) is 4.00. The fourth-order valence-corrected chi connectivity index (χ4v) is 8.50. The number of para-hydroxylation sites is 5. The molecule has 11 rings (SSSR count). The zero-order chi connectivity index (χ0) is 33.5. The van der Waals surface area contributed by atoms with Crippen LogP contribution in [0.15, 0.2) is 188 Å². The predicted molar refractivity (Wildman–Crippen MR) is 215 cm³/mol. The van der Waals surface area contributed by atoms with Crippen molar-refractivity contribution in [3.63, 3.8) is 0 Å². The normalized spacial score (nSPS) is 11.9. The molecule has 238 valence electrons. The first-order valence-electron chi connectivity index (χ1n) is 17.5. The molecule has 8 aromatic carbocycles. The summed E-state index contributed by atoms with van der Waals surface area (Å²) in [5, 5.41) is 7.45. The van der Waals surface area contributed by atoms with E-state index in [1.165, 1.54) is 76.5 Å². The minimum Gasteiger partial charge on any atom is -0.307 e. The summed E-state index contributed by atoms with van der Waals surface area (Å²) >= 11 is 0. The summed E-state index contributed by atoms with van der Waals surface area (Å²) in [6.45, 7) is 0. The minimum atomic E-state index is 1.14. The molecule has 11 aromatic rings. The van der Waals surface area contributed by atoms with Gasteiger partial charge in [0.15, 0.2) is 0 Å². The summed E-state index contributed by atoms with van der Waals surface area (Å²) in [5.74, 6) is 0. The van der Waals surface area contributed by atoms with E-state index >= 15 is 0 Å². The van der Waals surface area contributed by atoms with E-state index in [0.29, 0.717) is 0 Å². The summed E-state index contributed by atoms with van der Waals surface area (Å²) in [6, 6.07) is 68.4. The third-order valence-electron chi connectivity index (χ3n) is 10.6. The zero-order valence-electron chi connectivity index (χ0n) is 27.7. The van der Waals surface area contributed by atoms with Crippen LogP contribution in [-0.2, 0) is 0 Å². The van der Waals surface area contributed by atoms with Crippen LogP contribution < -0.4 is 0 Å². The van der Waals surface area contributed by atoms with Gasteiger partial charge in [0.05, 0.1) is 38.8 Å². The van der Waals surface area contributed by atoms with Gasteiger partial charge in [-0.3, -0.25) is 0 Å². The number of fused-ring (bicyclic) bond motifs is 10. The van der Waals surface area contributed by atoms with Crippen molar-refractivity contribution < 1.29 is 0 Å². The Hall–Kier alpha value is -6.84. The van der Waals surface area contributed by atoms with Crippen molar-refractivity contribution in [3.8, 4) is 28.2 Å². The first-order valence-corrected chi connectivity index (χ1v) is 17.5. The minimum absolute atomic E-state index is 1.14. The van der Waals surface area contributed by atoms with Crippen molar-refractivity contribution in [2.75, 3.05) is 0 Å². The van der Waals surface area contributed by atoms with Crippen LogP contribution in [0.25, 0.3) is 93.6 Å². The molecule has 3 heterocycles. The van der Waals surface area contributed by atoms with Crippen LogP contribution in [0.4, 0.5) is 0 Å². The molecule has 3 aromatic heterocycles. The molecule has 0 aliphatic carbocycles. The Morgan fingerprint density at radius 1 is 0.255 bits per heavy atom. The molecule has 0 fully saturated rings. The predicted octanol–water partition coefficient (Wildman–Crippen LogP) is 12.6. The summed E-state index contributed by atoms with van der Waals surface area (Å²) < 4.78 is 7.46. The Morgan fingerprint density at radius 2 is 0.686 bits per heavy atom. The first kappa shape index (κ1) is 28.0. The summed E-state index contributed by atoms with van der Waals surface area (Å²) in [5.41, 5.74) is 13.0. The molecular weight excluding hydrogens is 619 g/mol. The number of hydrogen-bond acceptors (Lipinski definition) is 0. The Morgan fingerprint density at radius 3 is 1.33 bits per heavy atom. The van der Waals surface area contributed by atoms with E-state index < -0.39 is 0 Å². The van der Waals surface area contributed by atoms with Crippen LogP contribution in [0.3, 0.4) is 0 Å². The molecule has 0 radical (unpaired) electrons. The molecule has 0 bridgehead atoms. The zero-order valence-corrected chi connectivity index (χ0v) is 27.7. The SMILES string of the molecule is c1ccc(-c2cccc(-n3c4ccccc4c4cccc(-n5c6ccccc6c6ccc7c8ccccc8n(-c8ccccc8)c7c65)c43)c2)cc1. The van der Waals surface area contributed by atoms with Gasteiger partial charge in [0, 0.05) is 43.7 Å². The molecule has 3 heteroatoms. The molecule has 0 saturated heterocycles. The molecule has 0 spiro atoms. The van der Waals surface area contributed by atoms with Crippen LogP contribution in [0.2, 0.25) is 0 Å². The van der Waals surface area contributed by atoms with Gasteiger partial charge < -0.3 is 13.7 Å². The lowest BCUT2D eigenvalue weighted by molar-refractivity contribution is 1.12. The molecular formula is C48H31N3. The quantitative estimate of drug-likeness (QED) is 0.180. The smallest absolute Gasteiger partial charge is 0.0789 e. The second-order valence-electron chi connectivity index (χ2n) is 13.3. The van der Waals surface area contributed by atoms with E-state index in [1.54, 1.807) is 0 Å². The average molecular weight is 650 g/mol. The van der Waals surface area contributed by atoms with Crippen molar-refractivity contribution in [2.45, 2.75) is 0 Å². The maximum absolute atomic E-state index is 2.53. The topological polar surface area (TPSA) is 14.8 Å². The highest BCUT2D eigenvalue weighted by molar-refractivity contribution is 6.24. The monoisotopic (exact) mass is 649 g/mol. The Bertz CT molecular complexity index is 3120. The van der Waals surface area contributed by atoms with Gasteiger partial charge >= 0.3 is 0 Å². The Balaban J connectivity index is 1.33. The lowest BCUT2D eigenvalue weighted by Crippen LogP contribution is -2.02. The molecule has 0 aliphatic heterocycles. The molecule has 0 saturated carbocycles. The summed E-state index contributed by atoms with van der Waals surface area (Å²) in [6.07, 6.45) is 0. The Labute approximate surface area is 294 Å². The van der Waals surface area contributed by atoms with Crippen molar-refractivity contribution in [3.05, 3.63) is 188 Å². The van der Waals surface area contributed by atoms with Gasteiger partial charge in [0.2, 0.25) is 0 Å². The standard InChI is InChI=1S/C48H31N3/c1-3-15-32(16-4-1)33-17-13-20-35(31-33)50-43-26-11-7-21-36(43)39-24-14-28-45(46(39)50)51-44-27-12-9-23-38(44)41-30-29-40-37-22-8-10-25-42(37)49(47(40)48(41)51)34-18-5-2-6-19-34/h1-31H. The van der Waals surface area contributed by atoms with E-state index in [0.717, 1.165) is 17.1 Å². The molecule has 0 unspecified atom stereocenters. The summed E-state index contributed by atoms with van der Waals surface area (Å²) in [7, 11) is 0. The highest BCUT2D eigenvalue weighted by atomic mass is 15.1. The fourth-order valence-electron chi connectivity index (χ4n) is 8.50. The highest BCUT2D eigenvalue weighted by Gasteiger charge is 2.24. The van der Waals surface area contributed by atoms with E-state index in [2.05, 4.69) is 202 Å². The van der Waals surface area contributed by atoms with Crippen LogP contribution in [0, 0.1) is 0 Å². The van der Waals surface area contributed by atoms with Crippen LogP contribution in [0.5, 0.6) is 0 Å². The second-order valence-corrected chi connectivity index (χ2v) is 13.3. The van der Waals surface area contributed by atoms with Gasteiger partial charge in [-0.25, -0.2) is 0 Å². The maximum atomic E-state index is 2.53. The molecule has 0 N–H and O–H groups in total. The number of aromatic nitrogens is 3. The Kier molecular flexibility index (Phi) is 5.96. The molecule has 51 heavy (non-hydrogen) atoms. The molecule has 0 atom stereocenters. The fraction of sp³-hybridized carbons (Fsp3) is 0. The largest absolute Gasteiger partial charge is 0.307 e. The number of benzene rings is 8. The van der Waals surface area contributed by atoms with Crippen LogP contribution in [0.1, 0.15) is 0 Å². The molecule has 0 aliphatic rings. The number of nitrogens with zero attached hydrogens (tertiary/aromatic N) is 3. The van der Waals surface area contributed by atoms with Gasteiger partial charge in [-0.2, -0.15) is 0 Å². The third-order valence-corrected chi connectivity index (χ3v) is 10.6. The van der Waals surface area contributed by atoms with Gasteiger partial charge in [-0.05, 0) is 59.7 Å². The number of hydrogen-bond donors (Lipinski definition) is 0. The second kappa shape index (κ2) is 10.8. The van der Waals surface area contributed by atoms with Crippen LogP contribution in [-0.4, -0.2) is 13.7 Å². The van der Waals surface area contributed by atoms with E-state index in [1.807, 2.05) is 0 Å². The van der Waals surface area contributed by atoms with Crippen molar-refractivity contribution in [1.29, 1.82) is 0 Å².